The van der Waals surface area contributed by atoms with E-state index in [9.17, 15) is 14.4 Å². The number of fused-ring (bicyclic) bond motifs is 1. The number of nitrogens with zero attached hydrogens (tertiary/aromatic N) is 4. The molecule has 0 saturated heterocycles. The van der Waals surface area contributed by atoms with Gasteiger partial charge < -0.3 is 4.74 Å². The number of methoxy groups -OCH3 is 1. The Balaban J connectivity index is 2.33. The smallest absolute Gasteiger partial charge is 0.332 e. The Morgan fingerprint density at radius 3 is 2.59 bits per heavy atom. The summed E-state index contributed by atoms with van der Waals surface area (Å²) in [5, 5.41) is 0.531. The minimum absolute atomic E-state index is 0.0120. The molecule has 3 rings (SSSR count). The average Bonchev–Trinajstić information content (AvgIpc) is 2.68. The van der Waals surface area contributed by atoms with Crippen molar-refractivity contribution in [2.24, 2.45) is 14.1 Å². The zero-order chi connectivity index (χ0) is 19.7. The third-order valence-corrected chi connectivity index (χ3v) is 5.05. The van der Waals surface area contributed by atoms with Gasteiger partial charge in [0.05, 0.1) is 12.9 Å². The number of esters is 1. The molecule has 0 aliphatic rings. The lowest BCUT2D eigenvalue weighted by molar-refractivity contribution is -0.137. The van der Waals surface area contributed by atoms with Gasteiger partial charge in [-0.3, -0.25) is 18.7 Å². The van der Waals surface area contributed by atoms with Crippen molar-refractivity contribution in [1.82, 2.24) is 19.1 Å². The number of carbonyl (C=O) groups excluding carboxylic acids is 1. The lowest BCUT2D eigenvalue weighted by atomic mass is 10.1. The molecule has 0 aliphatic carbocycles. The molecule has 3 aromatic rings. The predicted octanol–water partition coefficient (Wildman–Crippen LogP) is 1.27. The Labute approximate surface area is 158 Å². The van der Waals surface area contributed by atoms with Gasteiger partial charge in [-0.05, 0) is 13.0 Å². The monoisotopic (exact) mass is 386 g/mol. The summed E-state index contributed by atoms with van der Waals surface area (Å²) in [6.45, 7) is 1.95. The van der Waals surface area contributed by atoms with Crippen LogP contribution in [0.5, 0.6) is 0 Å². The molecule has 0 spiro atoms. The Morgan fingerprint density at radius 2 is 1.93 bits per heavy atom. The predicted molar refractivity (Wildman–Crippen MR) is 103 cm³/mol. The molecule has 0 atom stereocenters. The third-order valence-electron chi connectivity index (χ3n) is 4.10. The quantitative estimate of drug-likeness (QED) is 0.378. The first kappa shape index (κ1) is 18.8. The number of carbonyl (C=O) groups is 1. The van der Waals surface area contributed by atoms with Crippen LogP contribution in [0.25, 0.3) is 22.4 Å². The van der Waals surface area contributed by atoms with E-state index >= 15 is 0 Å². The first-order valence-corrected chi connectivity index (χ1v) is 9.06. The van der Waals surface area contributed by atoms with Crippen LogP contribution in [0.15, 0.2) is 38.9 Å². The molecule has 0 bridgehead atoms. The van der Waals surface area contributed by atoms with Crippen molar-refractivity contribution in [3.63, 3.8) is 0 Å². The van der Waals surface area contributed by atoms with E-state index in [1.807, 2.05) is 31.2 Å². The van der Waals surface area contributed by atoms with Crippen molar-refractivity contribution in [3.05, 3.63) is 50.7 Å². The number of aromatic nitrogens is 4. The number of hydrogen-bond acceptors (Lipinski definition) is 7. The summed E-state index contributed by atoms with van der Waals surface area (Å²) in [5.41, 5.74) is 1.02. The molecule has 0 radical (unpaired) electrons. The van der Waals surface area contributed by atoms with E-state index < -0.39 is 17.2 Å². The van der Waals surface area contributed by atoms with Crippen LogP contribution in [0.1, 0.15) is 5.56 Å². The molecule has 0 unspecified atom stereocenters. The van der Waals surface area contributed by atoms with Gasteiger partial charge in [0, 0.05) is 19.7 Å². The van der Waals surface area contributed by atoms with Gasteiger partial charge >= 0.3 is 11.7 Å². The van der Waals surface area contributed by atoms with Crippen molar-refractivity contribution >= 4 is 28.8 Å². The molecular weight excluding hydrogens is 368 g/mol. The second kappa shape index (κ2) is 7.36. The fraction of sp³-hybridized carbons (Fsp3) is 0.278. The minimum atomic E-state index is -0.503. The lowest BCUT2D eigenvalue weighted by Gasteiger charge is -2.12. The minimum Gasteiger partial charge on any atom is -0.468 e. The molecule has 140 valence electrons. The highest BCUT2D eigenvalue weighted by Gasteiger charge is 2.19. The van der Waals surface area contributed by atoms with E-state index in [1.54, 1.807) is 7.05 Å². The first-order chi connectivity index (χ1) is 12.8. The van der Waals surface area contributed by atoms with Crippen molar-refractivity contribution in [1.29, 1.82) is 0 Å². The second-order valence-corrected chi connectivity index (χ2v) is 6.96. The third kappa shape index (κ3) is 3.50. The lowest BCUT2D eigenvalue weighted by Crippen LogP contribution is -2.37. The Bertz CT molecular complexity index is 1170. The van der Waals surface area contributed by atoms with Crippen LogP contribution in [-0.2, 0) is 23.6 Å². The highest BCUT2D eigenvalue weighted by atomic mass is 32.2. The van der Waals surface area contributed by atoms with Gasteiger partial charge in [-0.15, -0.1) is 0 Å². The molecule has 0 aliphatic heterocycles. The van der Waals surface area contributed by atoms with E-state index in [1.165, 1.54) is 18.7 Å². The molecule has 1 aromatic carbocycles. The summed E-state index contributed by atoms with van der Waals surface area (Å²) < 4.78 is 6.98. The van der Waals surface area contributed by atoms with Crippen LogP contribution in [-0.4, -0.2) is 37.9 Å². The summed E-state index contributed by atoms with van der Waals surface area (Å²) in [6.07, 6.45) is 0. The number of aryl methyl sites for hydroxylation is 2. The Kier molecular flexibility index (Phi) is 5.13. The molecular formula is C18H18N4O4S. The van der Waals surface area contributed by atoms with Gasteiger partial charge in [0.1, 0.15) is 10.4 Å². The highest BCUT2D eigenvalue weighted by molar-refractivity contribution is 8.00. The van der Waals surface area contributed by atoms with Crippen molar-refractivity contribution in [2.75, 3.05) is 12.9 Å². The van der Waals surface area contributed by atoms with Crippen LogP contribution < -0.4 is 11.2 Å². The molecule has 2 heterocycles. The Hall–Kier alpha value is -2.94. The standard InChI is InChI=1S/C18H18N4O4S/c1-10-6-5-7-11(8-10)14-19-15-13(16(20-14)27-9-12(23)26-4)17(24)22(3)18(25)21(15)2/h5-8H,9H2,1-4H3. The SMILES string of the molecule is COC(=O)CSc1nc(-c2cccc(C)c2)nc2c1c(=O)n(C)c(=O)n2C. The maximum Gasteiger partial charge on any atom is 0.332 e. The van der Waals surface area contributed by atoms with Crippen LogP contribution in [0, 0.1) is 6.92 Å². The first-order valence-electron chi connectivity index (χ1n) is 8.08. The largest absolute Gasteiger partial charge is 0.468 e. The molecule has 8 nitrogen and oxygen atoms in total. The van der Waals surface area contributed by atoms with Crippen LogP contribution in [0.3, 0.4) is 0 Å². The summed E-state index contributed by atoms with van der Waals surface area (Å²) >= 11 is 1.08. The molecule has 2 aromatic heterocycles. The number of thioether (sulfide) groups is 1. The second-order valence-electron chi connectivity index (χ2n) is 5.99. The summed E-state index contributed by atoms with van der Waals surface area (Å²) in [4.78, 5) is 45.5. The van der Waals surface area contributed by atoms with Crippen molar-refractivity contribution < 1.29 is 9.53 Å². The normalized spacial score (nSPS) is 11.0. The van der Waals surface area contributed by atoms with E-state index in [0.29, 0.717) is 10.9 Å². The maximum atomic E-state index is 12.7. The maximum absolute atomic E-state index is 12.7. The van der Waals surface area contributed by atoms with E-state index in [4.69, 9.17) is 0 Å². The van der Waals surface area contributed by atoms with Crippen LogP contribution >= 0.6 is 11.8 Å². The van der Waals surface area contributed by atoms with E-state index in [0.717, 1.165) is 27.5 Å². The van der Waals surface area contributed by atoms with Gasteiger partial charge in [0.25, 0.3) is 5.56 Å². The van der Waals surface area contributed by atoms with Gasteiger partial charge in [-0.1, -0.05) is 35.5 Å². The molecule has 27 heavy (non-hydrogen) atoms. The Morgan fingerprint density at radius 1 is 1.19 bits per heavy atom. The summed E-state index contributed by atoms with van der Waals surface area (Å²) in [7, 11) is 4.24. The topological polar surface area (TPSA) is 96.1 Å². The zero-order valence-corrected chi connectivity index (χ0v) is 16.2. The van der Waals surface area contributed by atoms with Gasteiger partial charge in [-0.2, -0.15) is 0 Å². The summed E-state index contributed by atoms with van der Waals surface area (Å²) in [6, 6.07) is 7.59. The molecule has 0 N–H and O–H groups in total. The molecule has 0 saturated carbocycles. The van der Waals surface area contributed by atoms with Crippen molar-refractivity contribution in [3.8, 4) is 11.4 Å². The fourth-order valence-corrected chi connectivity index (χ4v) is 3.48. The number of hydrogen-bond donors (Lipinski definition) is 0. The number of benzene rings is 1. The molecule has 0 fully saturated rings. The van der Waals surface area contributed by atoms with Gasteiger partial charge in [-0.25, -0.2) is 14.8 Å². The highest BCUT2D eigenvalue weighted by Crippen LogP contribution is 2.26. The van der Waals surface area contributed by atoms with Crippen molar-refractivity contribution in [2.45, 2.75) is 11.9 Å². The zero-order valence-electron chi connectivity index (χ0n) is 15.3. The average molecular weight is 386 g/mol. The van der Waals surface area contributed by atoms with Gasteiger partial charge in [0.2, 0.25) is 0 Å². The number of ether oxygens (including phenoxy) is 1. The van der Waals surface area contributed by atoms with E-state index in [-0.39, 0.29) is 16.8 Å². The van der Waals surface area contributed by atoms with Crippen LogP contribution in [0.2, 0.25) is 0 Å². The fourth-order valence-electron chi connectivity index (χ4n) is 2.63. The molecule has 0 amide bonds. The molecule has 9 heteroatoms. The summed E-state index contributed by atoms with van der Waals surface area (Å²) in [5.74, 6) is -0.0747. The van der Waals surface area contributed by atoms with E-state index in [2.05, 4.69) is 14.7 Å². The van der Waals surface area contributed by atoms with Gasteiger partial charge in [0.15, 0.2) is 11.5 Å². The number of rotatable bonds is 4. The van der Waals surface area contributed by atoms with Crippen LogP contribution in [0.4, 0.5) is 0 Å².